The number of nitro groups is 1. The van der Waals surface area contributed by atoms with E-state index in [0.717, 1.165) is 11.3 Å². The predicted molar refractivity (Wildman–Crippen MR) is 104 cm³/mol. The highest BCUT2D eigenvalue weighted by atomic mass is 16.6. The summed E-state index contributed by atoms with van der Waals surface area (Å²) in [5.74, 6) is -0.303. The lowest BCUT2D eigenvalue weighted by atomic mass is 10.1. The molecule has 0 fully saturated rings. The largest absolute Gasteiger partial charge is 0.374 e. The fourth-order valence-corrected chi connectivity index (χ4v) is 2.31. The monoisotopic (exact) mass is 370 g/mol. The van der Waals surface area contributed by atoms with Crippen molar-refractivity contribution >= 4 is 28.9 Å². The SMILES string of the molecule is C[C@H](Nc1ccc(CC(=O)N(C)C)cc1)C(=O)Nc1cccc([N+](=O)[O-])c1. The summed E-state index contributed by atoms with van der Waals surface area (Å²) in [6.45, 7) is 1.69. The van der Waals surface area contributed by atoms with E-state index in [0.29, 0.717) is 12.1 Å². The zero-order valence-corrected chi connectivity index (χ0v) is 15.4. The Balaban J connectivity index is 1.95. The Morgan fingerprint density at radius 1 is 1.11 bits per heavy atom. The number of nitrogens with one attached hydrogen (secondary N) is 2. The molecule has 2 aromatic carbocycles. The first-order valence-electron chi connectivity index (χ1n) is 8.37. The van der Waals surface area contributed by atoms with Gasteiger partial charge in [-0.3, -0.25) is 19.7 Å². The van der Waals surface area contributed by atoms with Crippen molar-refractivity contribution in [2.75, 3.05) is 24.7 Å². The minimum Gasteiger partial charge on any atom is -0.374 e. The number of carbonyl (C=O) groups is 2. The fourth-order valence-electron chi connectivity index (χ4n) is 2.31. The summed E-state index contributed by atoms with van der Waals surface area (Å²) in [6.07, 6.45) is 0.316. The molecule has 142 valence electrons. The number of hydrogen-bond acceptors (Lipinski definition) is 5. The number of benzene rings is 2. The van der Waals surface area contributed by atoms with E-state index >= 15 is 0 Å². The Bertz CT molecular complexity index is 834. The van der Waals surface area contributed by atoms with Gasteiger partial charge in [0.25, 0.3) is 5.69 Å². The molecular weight excluding hydrogens is 348 g/mol. The molecule has 2 aromatic rings. The number of anilines is 2. The predicted octanol–water partition coefficient (Wildman–Crippen LogP) is 2.66. The van der Waals surface area contributed by atoms with Crippen molar-refractivity contribution in [1.29, 1.82) is 0 Å². The number of carbonyl (C=O) groups excluding carboxylic acids is 2. The van der Waals surface area contributed by atoms with E-state index < -0.39 is 11.0 Å². The van der Waals surface area contributed by atoms with Crippen molar-refractivity contribution < 1.29 is 14.5 Å². The number of likely N-dealkylation sites (N-methyl/N-ethyl adjacent to an activating group) is 1. The molecule has 0 aliphatic rings. The highest BCUT2D eigenvalue weighted by Gasteiger charge is 2.14. The van der Waals surface area contributed by atoms with Crippen LogP contribution in [0.1, 0.15) is 12.5 Å². The van der Waals surface area contributed by atoms with Crippen LogP contribution in [0.4, 0.5) is 17.1 Å². The number of hydrogen-bond donors (Lipinski definition) is 2. The maximum Gasteiger partial charge on any atom is 0.271 e. The zero-order chi connectivity index (χ0) is 20.0. The highest BCUT2D eigenvalue weighted by molar-refractivity contribution is 5.96. The van der Waals surface area contributed by atoms with Crippen molar-refractivity contribution in [1.82, 2.24) is 4.90 Å². The van der Waals surface area contributed by atoms with E-state index in [-0.39, 0.29) is 17.5 Å². The molecule has 0 aliphatic carbocycles. The molecule has 2 rings (SSSR count). The number of amides is 2. The molecular formula is C19H22N4O4. The standard InChI is InChI=1S/C19H22N4O4/c1-13(19(25)21-16-5-4-6-17(12-16)23(26)27)20-15-9-7-14(8-10-15)11-18(24)22(2)3/h4-10,12-13,20H,11H2,1-3H3,(H,21,25)/t13-/m0/s1. The van der Waals surface area contributed by atoms with Gasteiger partial charge < -0.3 is 15.5 Å². The van der Waals surface area contributed by atoms with E-state index in [9.17, 15) is 19.7 Å². The van der Waals surface area contributed by atoms with Crippen LogP contribution in [0.2, 0.25) is 0 Å². The van der Waals surface area contributed by atoms with Gasteiger partial charge in [0.2, 0.25) is 11.8 Å². The smallest absolute Gasteiger partial charge is 0.271 e. The van der Waals surface area contributed by atoms with Crippen LogP contribution in [0.15, 0.2) is 48.5 Å². The van der Waals surface area contributed by atoms with Crippen LogP contribution in [0.3, 0.4) is 0 Å². The second-order valence-electron chi connectivity index (χ2n) is 6.32. The first-order valence-corrected chi connectivity index (χ1v) is 8.37. The highest BCUT2D eigenvalue weighted by Crippen LogP contribution is 2.18. The zero-order valence-electron chi connectivity index (χ0n) is 15.4. The lowest BCUT2D eigenvalue weighted by Gasteiger charge is -2.16. The van der Waals surface area contributed by atoms with Gasteiger partial charge in [0.05, 0.1) is 11.3 Å². The van der Waals surface area contributed by atoms with Gasteiger partial charge >= 0.3 is 0 Å². The summed E-state index contributed by atoms with van der Waals surface area (Å²) >= 11 is 0. The molecule has 2 amide bonds. The van der Waals surface area contributed by atoms with Crippen molar-refractivity contribution in [3.8, 4) is 0 Å². The minimum absolute atomic E-state index is 0.0143. The third-order valence-corrected chi connectivity index (χ3v) is 3.91. The van der Waals surface area contributed by atoms with Crippen LogP contribution < -0.4 is 10.6 Å². The molecule has 0 unspecified atom stereocenters. The van der Waals surface area contributed by atoms with Crippen LogP contribution in [0, 0.1) is 10.1 Å². The molecule has 0 heterocycles. The fraction of sp³-hybridized carbons (Fsp3) is 0.263. The lowest BCUT2D eigenvalue weighted by Crippen LogP contribution is -2.31. The summed E-state index contributed by atoms with van der Waals surface area (Å²) < 4.78 is 0. The van der Waals surface area contributed by atoms with Gasteiger partial charge in [-0.05, 0) is 30.7 Å². The Morgan fingerprint density at radius 2 is 1.78 bits per heavy atom. The average Bonchev–Trinajstić information content (AvgIpc) is 2.63. The number of nitro benzene ring substituents is 1. The Hall–Kier alpha value is -3.42. The van der Waals surface area contributed by atoms with Gasteiger partial charge in [0.1, 0.15) is 6.04 Å². The van der Waals surface area contributed by atoms with Gasteiger partial charge in [-0.15, -0.1) is 0 Å². The topological polar surface area (TPSA) is 105 Å². The van der Waals surface area contributed by atoms with Crippen LogP contribution in [-0.4, -0.2) is 41.8 Å². The molecule has 0 aliphatic heterocycles. The van der Waals surface area contributed by atoms with Gasteiger partial charge in [-0.25, -0.2) is 0 Å². The Labute approximate surface area is 157 Å². The number of non-ortho nitro benzene ring substituents is 1. The maximum atomic E-state index is 12.3. The normalized spacial score (nSPS) is 11.4. The van der Waals surface area contributed by atoms with Crippen molar-refractivity contribution in [2.24, 2.45) is 0 Å². The number of nitrogens with zero attached hydrogens (tertiary/aromatic N) is 2. The molecule has 0 aromatic heterocycles. The van der Waals surface area contributed by atoms with Crippen molar-refractivity contribution in [2.45, 2.75) is 19.4 Å². The van der Waals surface area contributed by atoms with E-state index in [1.165, 1.54) is 23.1 Å². The van der Waals surface area contributed by atoms with E-state index in [1.54, 1.807) is 39.2 Å². The van der Waals surface area contributed by atoms with E-state index in [1.807, 2.05) is 12.1 Å². The molecule has 1 atom stereocenters. The molecule has 8 heteroatoms. The van der Waals surface area contributed by atoms with Gasteiger partial charge in [-0.1, -0.05) is 18.2 Å². The summed E-state index contributed by atoms with van der Waals surface area (Å²) in [6, 6.07) is 12.5. The van der Waals surface area contributed by atoms with Crippen LogP contribution >= 0.6 is 0 Å². The summed E-state index contributed by atoms with van der Waals surface area (Å²) in [4.78, 5) is 35.8. The first kappa shape index (κ1) is 19.9. The third kappa shape index (κ3) is 5.81. The van der Waals surface area contributed by atoms with Gasteiger partial charge in [-0.2, -0.15) is 0 Å². The molecule has 0 bridgehead atoms. The van der Waals surface area contributed by atoms with E-state index in [4.69, 9.17) is 0 Å². The second-order valence-corrected chi connectivity index (χ2v) is 6.32. The lowest BCUT2D eigenvalue weighted by molar-refractivity contribution is -0.384. The molecule has 2 N–H and O–H groups in total. The molecule has 0 saturated carbocycles. The Morgan fingerprint density at radius 3 is 2.37 bits per heavy atom. The minimum atomic E-state index is -0.557. The van der Waals surface area contributed by atoms with Crippen LogP contribution in [0.5, 0.6) is 0 Å². The Kier molecular flexibility index (Phi) is 6.48. The third-order valence-electron chi connectivity index (χ3n) is 3.91. The van der Waals surface area contributed by atoms with Crippen molar-refractivity contribution in [3.05, 3.63) is 64.2 Å². The average molecular weight is 370 g/mol. The second kappa shape index (κ2) is 8.79. The molecule has 0 radical (unpaired) electrons. The van der Waals surface area contributed by atoms with Crippen molar-refractivity contribution in [3.63, 3.8) is 0 Å². The summed E-state index contributed by atoms with van der Waals surface area (Å²) in [5, 5.41) is 16.5. The van der Waals surface area contributed by atoms with Gasteiger partial charge in [0.15, 0.2) is 0 Å². The molecule has 27 heavy (non-hydrogen) atoms. The molecule has 0 saturated heterocycles. The van der Waals surface area contributed by atoms with Crippen LogP contribution in [0.25, 0.3) is 0 Å². The maximum absolute atomic E-state index is 12.3. The first-order chi connectivity index (χ1) is 12.8. The van der Waals surface area contributed by atoms with Gasteiger partial charge in [0, 0.05) is 37.6 Å². The summed E-state index contributed by atoms with van der Waals surface area (Å²) in [7, 11) is 3.42. The van der Waals surface area contributed by atoms with E-state index in [2.05, 4.69) is 10.6 Å². The molecule has 8 nitrogen and oxygen atoms in total. The molecule has 0 spiro atoms. The van der Waals surface area contributed by atoms with Crippen LogP contribution in [-0.2, 0) is 16.0 Å². The quantitative estimate of drug-likeness (QED) is 0.576. The number of rotatable bonds is 7. The summed E-state index contributed by atoms with van der Waals surface area (Å²) in [5.41, 5.74) is 1.89.